The lowest BCUT2D eigenvalue weighted by molar-refractivity contribution is 0.456. The summed E-state index contributed by atoms with van der Waals surface area (Å²) in [5.41, 5.74) is 0.961. The molecule has 1 saturated carbocycles. The van der Waals surface area contributed by atoms with Gasteiger partial charge in [-0.1, -0.05) is 43.4 Å². The molecule has 1 nitrogen and oxygen atoms in total. The van der Waals surface area contributed by atoms with Gasteiger partial charge in [-0.2, -0.15) is 0 Å². The highest BCUT2D eigenvalue weighted by molar-refractivity contribution is 6.30. The molecular weight excluding hydrogens is 261 g/mol. The predicted molar refractivity (Wildman–Crippen MR) is 79.0 cm³/mol. The first-order valence-corrected chi connectivity index (χ1v) is 7.73. The first-order valence-electron chi connectivity index (χ1n) is 7.35. The first kappa shape index (κ1) is 14.8. The van der Waals surface area contributed by atoms with E-state index in [1.807, 2.05) is 6.07 Å². The second-order valence-corrected chi connectivity index (χ2v) is 6.05. The minimum absolute atomic E-state index is 0.176. The van der Waals surface area contributed by atoms with Crippen molar-refractivity contribution < 1.29 is 4.39 Å². The average molecular weight is 284 g/mol. The topological polar surface area (TPSA) is 12.0 Å². The average Bonchev–Trinajstić information content (AvgIpc) is 2.91. The third-order valence-corrected chi connectivity index (χ3v) is 4.46. The van der Waals surface area contributed by atoms with E-state index in [-0.39, 0.29) is 16.9 Å². The normalized spacial score (nSPS) is 17.8. The molecule has 1 aliphatic carbocycles. The number of benzene rings is 1. The Hall–Kier alpha value is -0.600. The maximum absolute atomic E-state index is 13.4. The summed E-state index contributed by atoms with van der Waals surface area (Å²) in [5, 5.41) is 3.65. The van der Waals surface area contributed by atoms with Crippen molar-refractivity contribution in [2.45, 2.75) is 51.5 Å². The summed E-state index contributed by atoms with van der Waals surface area (Å²) in [4.78, 5) is 0. The van der Waals surface area contributed by atoms with Gasteiger partial charge in [0.05, 0.1) is 5.02 Å². The number of hydrogen-bond acceptors (Lipinski definition) is 1. The summed E-state index contributed by atoms with van der Waals surface area (Å²) >= 11 is 5.69. The molecule has 3 heteroatoms. The van der Waals surface area contributed by atoms with E-state index in [2.05, 4.69) is 12.2 Å². The third-order valence-electron chi connectivity index (χ3n) is 4.16. The molecule has 2 rings (SSSR count). The van der Waals surface area contributed by atoms with E-state index in [9.17, 15) is 4.39 Å². The first-order chi connectivity index (χ1) is 9.16. The van der Waals surface area contributed by atoms with Crippen molar-refractivity contribution in [3.8, 4) is 0 Å². The van der Waals surface area contributed by atoms with Gasteiger partial charge in [0.25, 0.3) is 0 Å². The Morgan fingerprint density at radius 1 is 1.37 bits per heavy atom. The van der Waals surface area contributed by atoms with Crippen molar-refractivity contribution in [2.24, 2.45) is 5.92 Å². The van der Waals surface area contributed by atoms with Crippen LogP contribution in [0.2, 0.25) is 5.02 Å². The molecular formula is C16H23ClFN. The molecule has 1 atom stereocenters. The summed E-state index contributed by atoms with van der Waals surface area (Å²) in [6.45, 7) is 3.07. The van der Waals surface area contributed by atoms with Crippen LogP contribution in [0, 0.1) is 11.7 Å². The molecule has 0 saturated heterocycles. The largest absolute Gasteiger partial charge is 0.310 e. The van der Waals surface area contributed by atoms with Gasteiger partial charge in [-0.25, -0.2) is 4.39 Å². The fourth-order valence-electron chi connectivity index (χ4n) is 2.91. The van der Waals surface area contributed by atoms with Crippen LogP contribution in [0.15, 0.2) is 18.2 Å². The van der Waals surface area contributed by atoms with E-state index < -0.39 is 0 Å². The molecule has 0 radical (unpaired) electrons. The van der Waals surface area contributed by atoms with Crippen LogP contribution in [0.4, 0.5) is 4.39 Å². The van der Waals surface area contributed by atoms with Crippen molar-refractivity contribution in [1.29, 1.82) is 0 Å². The van der Waals surface area contributed by atoms with E-state index >= 15 is 0 Å². The van der Waals surface area contributed by atoms with Crippen molar-refractivity contribution in [2.75, 3.05) is 6.54 Å². The van der Waals surface area contributed by atoms with Crippen LogP contribution in [-0.4, -0.2) is 6.54 Å². The Balaban J connectivity index is 1.71. The minimum Gasteiger partial charge on any atom is -0.310 e. The maximum atomic E-state index is 13.4. The third kappa shape index (κ3) is 4.47. The lowest BCUT2D eigenvalue weighted by Gasteiger charge is -2.15. The van der Waals surface area contributed by atoms with Gasteiger partial charge < -0.3 is 5.32 Å². The van der Waals surface area contributed by atoms with Crippen molar-refractivity contribution >= 4 is 11.6 Å². The van der Waals surface area contributed by atoms with Gasteiger partial charge in [0.2, 0.25) is 0 Å². The highest BCUT2D eigenvalue weighted by atomic mass is 35.5. The summed E-state index contributed by atoms with van der Waals surface area (Å²) in [7, 11) is 0. The van der Waals surface area contributed by atoms with Crippen LogP contribution < -0.4 is 5.32 Å². The van der Waals surface area contributed by atoms with E-state index in [4.69, 9.17) is 11.6 Å². The van der Waals surface area contributed by atoms with E-state index in [0.29, 0.717) is 0 Å². The molecule has 1 aromatic carbocycles. The van der Waals surface area contributed by atoms with Gasteiger partial charge in [0.15, 0.2) is 0 Å². The SMILES string of the molecule is CC(NCCCC1CCCC1)c1ccc(Cl)c(F)c1. The molecule has 0 spiro atoms. The van der Waals surface area contributed by atoms with Gasteiger partial charge in [0.1, 0.15) is 5.82 Å². The van der Waals surface area contributed by atoms with Crippen LogP contribution in [0.25, 0.3) is 0 Å². The zero-order valence-electron chi connectivity index (χ0n) is 11.6. The predicted octanol–water partition coefficient (Wildman–Crippen LogP) is 5.10. The molecule has 19 heavy (non-hydrogen) atoms. The second kappa shape index (κ2) is 7.25. The van der Waals surface area contributed by atoms with Crippen LogP contribution in [0.3, 0.4) is 0 Å². The van der Waals surface area contributed by atoms with Crippen molar-refractivity contribution in [1.82, 2.24) is 5.32 Å². The molecule has 1 unspecified atom stereocenters. The Labute approximate surface area is 120 Å². The zero-order valence-corrected chi connectivity index (χ0v) is 12.3. The molecule has 1 aromatic rings. The quantitative estimate of drug-likeness (QED) is 0.716. The number of hydrogen-bond donors (Lipinski definition) is 1. The maximum Gasteiger partial charge on any atom is 0.142 e. The Bertz CT molecular complexity index is 402. The highest BCUT2D eigenvalue weighted by Gasteiger charge is 2.14. The summed E-state index contributed by atoms with van der Waals surface area (Å²) < 4.78 is 13.4. The zero-order chi connectivity index (χ0) is 13.7. The Kier molecular flexibility index (Phi) is 5.65. The molecule has 0 amide bonds. The van der Waals surface area contributed by atoms with Crippen molar-refractivity contribution in [3.05, 3.63) is 34.6 Å². The van der Waals surface area contributed by atoms with E-state index in [0.717, 1.165) is 18.0 Å². The monoisotopic (exact) mass is 283 g/mol. The van der Waals surface area contributed by atoms with E-state index in [1.165, 1.54) is 44.6 Å². The molecule has 0 aliphatic heterocycles. The van der Waals surface area contributed by atoms with Crippen molar-refractivity contribution in [3.63, 3.8) is 0 Å². The Morgan fingerprint density at radius 3 is 2.79 bits per heavy atom. The van der Waals surface area contributed by atoms with Gasteiger partial charge >= 0.3 is 0 Å². The molecule has 0 bridgehead atoms. The highest BCUT2D eigenvalue weighted by Crippen LogP contribution is 2.28. The fraction of sp³-hybridized carbons (Fsp3) is 0.625. The Morgan fingerprint density at radius 2 is 2.11 bits per heavy atom. The standard InChI is InChI=1S/C16H23ClFN/c1-12(14-8-9-15(17)16(18)11-14)19-10-4-7-13-5-2-3-6-13/h8-9,11-13,19H,2-7,10H2,1H3. The molecule has 1 N–H and O–H groups in total. The summed E-state index contributed by atoms with van der Waals surface area (Å²) in [5.74, 6) is 0.615. The van der Waals surface area contributed by atoms with Crippen LogP contribution >= 0.6 is 11.6 Å². The van der Waals surface area contributed by atoms with E-state index in [1.54, 1.807) is 6.07 Å². The summed E-state index contributed by atoms with van der Waals surface area (Å²) in [6.07, 6.45) is 8.20. The van der Waals surface area contributed by atoms with Gasteiger partial charge in [0, 0.05) is 6.04 Å². The van der Waals surface area contributed by atoms with Crippen LogP contribution in [0.5, 0.6) is 0 Å². The number of halogens is 2. The van der Waals surface area contributed by atoms with Gasteiger partial charge in [-0.3, -0.25) is 0 Å². The summed E-state index contributed by atoms with van der Waals surface area (Å²) in [6, 6.07) is 5.22. The molecule has 1 fully saturated rings. The lowest BCUT2D eigenvalue weighted by atomic mass is 10.0. The molecule has 1 aliphatic rings. The number of rotatable bonds is 6. The fourth-order valence-corrected chi connectivity index (χ4v) is 3.03. The molecule has 0 heterocycles. The number of nitrogens with one attached hydrogen (secondary N) is 1. The smallest absolute Gasteiger partial charge is 0.142 e. The van der Waals surface area contributed by atoms with Crippen LogP contribution in [-0.2, 0) is 0 Å². The molecule has 106 valence electrons. The lowest BCUT2D eigenvalue weighted by Crippen LogP contribution is -2.20. The van der Waals surface area contributed by atoms with Crippen LogP contribution in [0.1, 0.15) is 57.1 Å². The minimum atomic E-state index is -0.334. The second-order valence-electron chi connectivity index (χ2n) is 5.64. The van der Waals surface area contributed by atoms with Gasteiger partial charge in [-0.15, -0.1) is 0 Å². The molecule has 0 aromatic heterocycles. The van der Waals surface area contributed by atoms with Gasteiger partial charge in [-0.05, 0) is 49.9 Å².